The quantitative estimate of drug-likeness (QED) is 0.942. The molecule has 1 amide bonds. The molecule has 1 heterocycles. The molecule has 23 heavy (non-hydrogen) atoms. The Morgan fingerprint density at radius 1 is 1.00 bits per heavy atom. The molecule has 2 aromatic carbocycles. The summed E-state index contributed by atoms with van der Waals surface area (Å²) in [4.78, 5) is 12.1. The molecule has 0 radical (unpaired) electrons. The summed E-state index contributed by atoms with van der Waals surface area (Å²) in [5.41, 5.74) is 2.80. The molecule has 0 unspecified atom stereocenters. The van der Waals surface area contributed by atoms with Gasteiger partial charge in [0.15, 0.2) is 11.5 Å². The van der Waals surface area contributed by atoms with Crippen molar-refractivity contribution in [3.63, 3.8) is 0 Å². The molecule has 5 nitrogen and oxygen atoms in total. The molecule has 1 N–H and O–H groups in total. The van der Waals surface area contributed by atoms with Gasteiger partial charge in [-0.3, -0.25) is 4.79 Å². The molecule has 2 aromatic rings. The van der Waals surface area contributed by atoms with Crippen LogP contribution in [0.2, 0.25) is 0 Å². The fraction of sp³-hybridized carbons (Fsp3) is 0.278. The minimum atomic E-state index is -0.0475. The van der Waals surface area contributed by atoms with Gasteiger partial charge in [-0.05, 0) is 29.3 Å². The van der Waals surface area contributed by atoms with Gasteiger partial charge in [0.2, 0.25) is 5.91 Å². The van der Waals surface area contributed by atoms with E-state index in [1.807, 2.05) is 30.3 Å². The highest BCUT2D eigenvalue weighted by molar-refractivity contribution is 5.96. The van der Waals surface area contributed by atoms with Gasteiger partial charge in [-0.25, -0.2) is 0 Å². The zero-order chi connectivity index (χ0) is 16.4. The maximum Gasteiger partial charge on any atom is 0.225 e. The summed E-state index contributed by atoms with van der Waals surface area (Å²) < 4.78 is 16.0. The third-order valence-corrected chi connectivity index (χ3v) is 4.09. The number of rotatable bonds is 4. The molecule has 0 saturated carbocycles. The van der Waals surface area contributed by atoms with Crippen molar-refractivity contribution in [1.29, 1.82) is 0 Å². The van der Waals surface area contributed by atoms with Gasteiger partial charge in [0.25, 0.3) is 0 Å². The number of anilines is 1. The summed E-state index contributed by atoms with van der Waals surface area (Å²) in [5, 5.41) is 2.91. The average molecular weight is 313 g/mol. The first kappa shape index (κ1) is 15.2. The van der Waals surface area contributed by atoms with Crippen LogP contribution < -0.4 is 19.5 Å². The Morgan fingerprint density at radius 2 is 1.74 bits per heavy atom. The number of ether oxygens (including phenoxy) is 3. The lowest BCUT2D eigenvalue weighted by molar-refractivity contribution is -0.116. The molecule has 0 fully saturated rings. The van der Waals surface area contributed by atoms with Crippen molar-refractivity contribution in [2.75, 3.05) is 26.6 Å². The van der Waals surface area contributed by atoms with E-state index in [0.717, 1.165) is 22.6 Å². The smallest absolute Gasteiger partial charge is 0.225 e. The predicted octanol–water partition coefficient (Wildman–Crippen LogP) is 3.19. The highest BCUT2D eigenvalue weighted by atomic mass is 16.5. The highest BCUT2D eigenvalue weighted by Gasteiger charge is 2.28. The van der Waals surface area contributed by atoms with Crippen LogP contribution in [0, 0.1) is 0 Å². The lowest BCUT2D eigenvalue weighted by Crippen LogP contribution is -2.23. The number of nitrogens with one attached hydrogen (secondary N) is 1. The minimum absolute atomic E-state index is 0.0162. The summed E-state index contributed by atoms with van der Waals surface area (Å²) in [6.07, 6.45) is 0.385. The van der Waals surface area contributed by atoms with Crippen LogP contribution >= 0.6 is 0 Å². The number of methoxy groups -OCH3 is 3. The summed E-state index contributed by atoms with van der Waals surface area (Å²) in [6.45, 7) is 0. The zero-order valence-corrected chi connectivity index (χ0v) is 13.4. The molecular weight excluding hydrogens is 294 g/mol. The van der Waals surface area contributed by atoms with Crippen LogP contribution in [0.5, 0.6) is 17.2 Å². The number of hydrogen-bond donors (Lipinski definition) is 1. The highest BCUT2D eigenvalue weighted by Crippen LogP contribution is 2.43. The third-order valence-electron chi connectivity index (χ3n) is 4.09. The van der Waals surface area contributed by atoms with Gasteiger partial charge < -0.3 is 19.5 Å². The standard InChI is InChI=1S/C18H19NO4/c1-21-12-6-4-5-11(7-12)13-9-18(20)19-15-10-17(23-3)16(22-2)8-14(13)15/h4-8,10,13H,9H2,1-3H3,(H,19,20)/t13-/m1/s1. The van der Waals surface area contributed by atoms with Crippen molar-refractivity contribution in [1.82, 2.24) is 0 Å². The van der Waals surface area contributed by atoms with Crippen LogP contribution in [-0.4, -0.2) is 27.2 Å². The Hall–Kier alpha value is -2.69. The number of carbonyl (C=O) groups is 1. The predicted molar refractivity (Wildman–Crippen MR) is 87.6 cm³/mol. The average Bonchev–Trinajstić information content (AvgIpc) is 2.59. The van der Waals surface area contributed by atoms with Crippen molar-refractivity contribution in [3.8, 4) is 17.2 Å². The molecule has 1 aliphatic heterocycles. The van der Waals surface area contributed by atoms with E-state index in [9.17, 15) is 4.79 Å². The van der Waals surface area contributed by atoms with Gasteiger partial charge in [-0.15, -0.1) is 0 Å². The molecule has 0 bridgehead atoms. The van der Waals surface area contributed by atoms with Gasteiger partial charge in [-0.1, -0.05) is 12.1 Å². The molecule has 0 spiro atoms. The SMILES string of the molecule is COc1cccc([C@H]2CC(=O)Nc3cc(OC)c(OC)cc32)c1. The lowest BCUT2D eigenvalue weighted by atomic mass is 9.84. The second kappa shape index (κ2) is 6.20. The first-order valence-corrected chi connectivity index (χ1v) is 7.36. The molecule has 0 aliphatic carbocycles. The van der Waals surface area contributed by atoms with Gasteiger partial charge in [0.1, 0.15) is 5.75 Å². The van der Waals surface area contributed by atoms with E-state index < -0.39 is 0 Å². The van der Waals surface area contributed by atoms with E-state index >= 15 is 0 Å². The van der Waals surface area contributed by atoms with E-state index in [1.165, 1.54) is 0 Å². The van der Waals surface area contributed by atoms with Crippen LogP contribution in [0.15, 0.2) is 36.4 Å². The Bertz CT molecular complexity index is 742. The zero-order valence-electron chi connectivity index (χ0n) is 13.4. The number of carbonyl (C=O) groups excluding carboxylic acids is 1. The second-order valence-corrected chi connectivity index (χ2v) is 5.38. The Labute approximate surface area is 135 Å². The first-order chi connectivity index (χ1) is 11.2. The monoisotopic (exact) mass is 313 g/mol. The molecule has 5 heteroatoms. The summed E-state index contributed by atoms with van der Waals surface area (Å²) in [7, 11) is 4.81. The normalized spacial score (nSPS) is 16.3. The van der Waals surface area contributed by atoms with Crippen molar-refractivity contribution >= 4 is 11.6 Å². The van der Waals surface area contributed by atoms with E-state index in [2.05, 4.69) is 5.32 Å². The van der Waals surface area contributed by atoms with Gasteiger partial charge in [0, 0.05) is 24.1 Å². The fourth-order valence-corrected chi connectivity index (χ4v) is 2.94. The molecule has 3 rings (SSSR count). The van der Waals surface area contributed by atoms with Crippen LogP contribution in [-0.2, 0) is 4.79 Å². The maximum atomic E-state index is 12.1. The second-order valence-electron chi connectivity index (χ2n) is 5.38. The van der Waals surface area contributed by atoms with Crippen LogP contribution in [0.1, 0.15) is 23.5 Å². The van der Waals surface area contributed by atoms with E-state index in [-0.39, 0.29) is 11.8 Å². The Morgan fingerprint density at radius 3 is 2.43 bits per heavy atom. The van der Waals surface area contributed by atoms with Crippen molar-refractivity contribution in [2.45, 2.75) is 12.3 Å². The topological polar surface area (TPSA) is 56.8 Å². The van der Waals surface area contributed by atoms with Crippen molar-refractivity contribution in [3.05, 3.63) is 47.5 Å². The summed E-state index contributed by atoms with van der Waals surface area (Å²) in [6, 6.07) is 11.5. The summed E-state index contributed by atoms with van der Waals surface area (Å²) >= 11 is 0. The Kier molecular flexibility index (Phi) is 4.10. The number of amides is 1. The van der Waals surface area contributed by atoms with Gasteiger partial charge in [0.05, 0.1) is 21.3 Å². The fourth-order valence-electron chi connectivity index (χ4n) is 2.94. The third kappa shape index (κ3) is 2.82. The van der Waals surface area contributed by atoms with E-state index in [0.29, 0.717) is 17.9 Å². The molecule has 0 aromatic heterocycles. The van der Waals surface area contributed by atoms with Crippen molar-refractivity contribution < 1.29 is 19.0 Å². The van der Waals surface area contributed by atoms with Crippen LogP contribution in [0.3, 0.4) is 0 Å². The molecule has 120 valence electrons. The van der Waals surface area contributed by atoms with Crippen molar-refractivity contribution in [2.24, 2.45) is 0 Å². The van der Waals surface area contributed by atoms with E-state index in [4.69, 9.17) is 14.2 Å². The lowest BCUT2D eigenvalue weighted by Gasteiger charge is -2.27. The Balaban J connectivity index is 2.12. The van der Waals surface area contributed by atoms with Crippen LogP contribution in [0.4, 0.5) is 5.69 Å². The van der Waals surface area contributed by atoms with Gasteiger partial charge >= 0.3 is 0 Å². The van der Waals surface area contributed by atoms with Crippen LogP contribution in [0.25, 0.3) is 0 Å². The number of fused-ring (bicyclic) bond motifs is 1. The molecule has 1 atom stereocenters. The van der Waals surface area contributed by atoms with E-state index in [1.54, 1.807) is 27.4 Å². The number of benzene rings is 2. The number of hydrogen-bond acceptors (Lipinski definition) is 4. The molecule has 1 aliphatic rings. The summed E-state index contributed by atoms with van der Waals surface area (Å²) in [5.74, 6) is 1.95. The molecule has 0 saturated heterocycles. The van der Waals surface area contributed by atoms with Gasteiger partial charge in [-0.2, -0.15) is 0 Å². The largest absolute Gasteiger partial charge is 0.497 e. The molecular formula is C18H19NO4. The first-order valence-electron chi connectivity index (χ1n) is 7.36. The minimum Gasteiger partial charge on any atom is -0.497 e. The maximum absolute atomic E-state index is 12.1.